The van der Waals surface area contributed by atoms with Crippen LogP contribution in [0.3, 0.4) is 0 Å². The molecule has 0 radical (unpaired) electrons. The van der Waals surface area contributed by atoms with Crippen LogP contribution in [0.25, 0.3) is 0 Å². The van der Waals surface area contributed by atoms with E-state index in [0.717, 1.165) is 5.56 Å². The number of benzene rings is 2. The SMILES string of the molecule is CN1CC(c2ccc(NC(=O)Nc3ccc(O)cc3)cc2)CC1C(=O)NC(COCCC(NC(=O)CC(C)(C)C)C(=O)O)C(=O)O. The fourth-order valence-electron chi connectivity index (χ4n) is 5.05. The van der Waals surface area contributed by atoms with Gasteiger partial charge in [0, 0.05) is 37.4 Å². The van der Waals surface area contributed by atoms with Crippen molar-refractivity contribution in [2.24, 2.45) is 5.41 Å². The Bertz CT molecular complexity index is 1380. The molecule has 1 fully saturated rings. The molecule has 1 saturated heterocycles. The van der Waals surface area contributed by atoms with Gasteiger partial charge in [0.2, 0.25) is 11.8 Å². The Morgan fingerprint density at radius 1 is 0.891 bits per heavy atom. The smallest absolute Gasteiger partial charge is 0.328 e. The van der Waals surface area contributed by atoms with E-state index in [1.165, 1.54) is 12.1 Å². The lowest BCUT2D eigenvalue weighted by atomic mass is 9.92. The molecule has 4 atom stereocenters. The third-order valence-electron chi connectivity index (χ3n) is 7.39. The predicted octanol–water partition coefficient (Wildman–Crippen LogP) is 2.81. The molecular weight excluding hydrogens is 598 g/mol. The number of aliphatic carboxylic acids is 2. The lowest BCUT2D eigenvalue weighted by molar-refractivity contribution is -0.145. The Kier molecular flexibility index (Phi) is 12.5. The summed E-state index contributed by atoms with van der Waals surface area (Å²) in [5, 5.41) is 38.9. The molecule has 1 aliphatic heterocycles. The van der Waals surface area contributed by atoms with Gasteiger partial charge in [0.05, 0.1) is 12.6 Å². The monoisotopic (exact) mass is 641 g/mol. The summed E-state index contributed by atoms with van der Waals surface area (Å²) in [6, 6.07) is 9.72. The van der Waals surface area contributed by atoms with Gasteiger partial charge in [0.1, 0.15) is 11.8 Å². The average Bonchev–Trinajstić information content (AvgIpc) is 3.35. The van der Waals surface area contributed by atoms with Gasteiger partial charge in [-0.25, -0.2) is 14.4 Å². The number of likely N-dealkylation sites (N-methyl/N-ethyl adjacent to an activating group) is 1. The van der Waals surface area contributed by atoms with Crippen LogP contribution in [0.4, 0.5) is 16.2 Å². The second-order valence-corrected chi connectivity index (χ2v) is 12.6. The van der Waals surface area contributed by atoms with Crippen LogP contribution in [0.1, 0.15) is 51.5 Å². The summed E-state index contributed by atoms with van der Waals surface area (Å²) in [6.07, 6.45) is 0.514. The molecule has 0 bridgehead atoms. The number of phenolic OH excluding ortho intramolecular Hbond substituents is 1. The van der Waals surface area contributed by atoms with Crippen LogP contribution in [0, 0.1) is 5.41 Å². The van der Waals surface area contributed by atoms with Crippen molar-refractivity contribution in [2.75, 3.05) is 37.4 Å². The van der Waals surface area contributed by atoms with Crippen LogP contribution in [-0.2, 0) is 23.9 Å². The number of carboxylic acid groups (broad SMARTS) is 2. The zero-order valence-corrected chi connectivity index (χ0v) is 26.4. The van der Waals surface area contributed by atoms with E-state index < -0.39 is 47.9 Å². The highest BCUT2D eigenvalue weighted by atomic mass is 16.5. The number of rotatable bonds is 14. The first-order chi connectivity index (χ1) is 21.6. The molecule has 3 rings (SSSR count). The molecular formula is C32H43N5O9. The number of nitrogens with one attached hydrogen (secondary N) is 4. The first-order valence-electron chi connectivity index (χ1n) is 14.9. The van der Waals surface area contributed by atoms with Crippen molar-refractivity contribution in [1.29, 1.82) is 0 Å². The van der Waals surface area contributed by atoms with Gasteiger partial charge in [0.15, 0.2) is 6.04 Å². The number of ether oxygens (including phenoxy) is 1. The maximum Gasteiger partial charge on any atom is 0.328 e. The number of carboxylic acids is 2. The zero-order valence-electron chi connectivity index (χ0n) is 26.4. The Morgan fingerprint density at radius 3 is 2.00 bits per heavy atom. The number of aromatic hydroxyl groups is 1. The van der Waals surface area contributed by atoms with Gasteiger partial charge in [-0.2, -0.15) is 0 Å². The zero-order chi connectivity index (χ0) is 34.0. The van der Waals surface area contributed by atoms with Crippen LogP contribution in [-0.4, -0.2) is 94.9 Å². The molecule has 1 heterocycles. The second kappa shape index (κ2) is 16.0. The van der Waals surface area contributed by atoms with E-state index in [4.69, 9.17) is 4.74 Å². The maximum atomic E-state index is 13.1. The minimum atomic E-state index is -1.35. The van der Waals surface area contributed by atoms with Crippen LogP contribution in [0.2, 0.25) is 0 Å². The van der Waals surface area contributed by atoms with E-state index >= 15 is 0 Å². The van der Waals surface area contributed by atoms with Crippen LogP contribution >= 0.6 is 0 Å². The molecule has 46 heavy (non-hydrogen) atoms. The molecule has 14 heteroatoms. The molecule has 4 amide bonds. The van der Waals surface area contributed by atoms with Gasteiger partial charge in [-0.15, -0.1) is 0 Å². The van der Waals surface area contributed by atoms with Gasteiger partial charge < -0.3 is 41.3 Å². The second-order valence-electron chi connectivity index (χ2n) is 12.6. The van der Waals surface area contributed by atoms with Gasteiger partial charge in [-0.3, -0.25) is 14.5 Å². The summed E-state index contributed by atoms with van der Waals surface area (Å²) in [5.41, 5.74) is 1.72. The Morgan fingerprint density at radius 2 is 1.46 bits per heavy atom. The fourth-order valence-corrected chi connectivity index (χ4v) is 5.05. The molecule has 14 nitrogen and oxygen atoms in total. The van der Waals surface area contributed by atoms with Gasteiger partial charge in [-0.1, -0.05) is 32.9 Å². The lowest BCUT2D eigenvalue weighted by Crippen LogP contribution is -2.50. The topological polar surface area (TPSA) is 207 Å². The van der Waals surface area contributed by atoms with Gasteiger partial charge >= 0.3 is 18.0 Å². The number of carbonyl (C=O) groups excluding carboxylic acids is 3. The van der Waals surface area contributed by atoms with Crippen LogP contribution in [0.5, 0.6) is 5.75 Å². The van der Waals surface area contributed by atoms with Crippen molar-refractivity contribution in [1.82, 2.24) is 15.5 Å². The van der Waals surface area contributed by atoms with Crippen molar-refractivity contribution >= 4 is 41.2 Å². The first kappa shape index (κ1) is 35.8. The fraction of sp³-hybridized carbons (Fsp3) is 0.469. The Balaban J connectivity index is 1.47. The van der Waals surface area contributed by atoms with Crippen molar-refractivity contribution in [3.63, 3.8) is 0 Å². The van der Waals surface area contributed by atoms with Crippen LogP contribution < -0.4 is 21.3 Å². The highest BCUT2D eigenvalue weighted by Gasteiger charge is 2.37. The highest BCUT2D eigenvalue weighted by Crippen LogP contribution is 2.31. The van der Waals surface area contributed by atoms with E-state index in [-0.39, 0.29) is 43.1 Å². The van der Waals surface area contributed by atoms with Crippen molar-refractivity contribution in [3.8, 4) is 5.75 Å². The minimum absolute atomic E-state index is 0.0124. The van der Waals surface area contributed by atoms with Crippen molar-refractivity contribution < 1.29 is 44.0 Å². The van der Waals surface area contributed by atoms with E-state index in [0.29, 0.717) is 24.3 Å². The Labute approximate surface area is 267 Å². The van der Waals surface area contributed by atoms with Crippen LogP contribution in [0.15, 0.2) is 48.5 Å². The number of nitrogens with zero attached hydrogens (tertiary/aromatic N) is 1. The molecule has 0 saturated carbocycles. The van der Waals surface area contributed by atoms with E-state index in [1.807, 2.05) is 37.8 Å². The first-order valence-corrected chi connectivity index (χ1v) is 14.9. The average molecular weight is 642 g/mol. The third kappa shape index (κ3) is 11.3. The number of hydrogen-bond donors (Lipinski definition) is 7. The van der Waals surface area contributed by atoms with Crippen molar-refractivity contribution in [2.45, 2.75) is 64.1 Å². The molecule has 0 spiro atoms. The number of phenols is 1. The number of hydrogen-bond acceptors (Lipinski definition) is 8. The minimum Gasteiger partial charge on any atom is -0.508 e. The molecule has 0 aromatic heterocycles. The summed E-state index contributed by atoms with van der Waals surface area (Å²) in [4.78, 5) is 62.8. The predicted molar refractivity (Wildman–Crippen MR) is 170 cm³/mol. The molecule has 4 unspecified atom stereocenters. The molecule has 0 aliphatic carbocycles. The normalized spacial score (nSPS) is 17.8. The standard InChI is InChI=1S/C32H43N5O9/c1-32(2,3)16-27(39)35-24(29(41)42)13-14-46-18-25(30(43)44)36-28(40)26-15-20(17-37(26)4)19-5-7-21(8-6-19)33-31(45)34-22-9-11-23(38)12-10-22/h5-12,20,24-26,38H,13-18H2,1-4H3,(H,35,39)(H,36,40)(H,41,42)(H,43,44)(H2,33,34,45). The number of urea groups is 1. The highest BCUT2D eigenvalue weighted by molar-refractivity contribution is 5.99. The summed E-state index contributed by atoms with van der Waals surface area (Å²) < 4.78 is 5.41. The summed E-state index contributed by atoms with van der Waals surface area (Å²) in [5.74, 6) is -3.32. The van der Waals surface area contributed by atoms with Crippen molar-refractivity contribution in [3.05, 3.63) is 54.1 Å². The number of anilines is 2. The molecule has 250 valence electrons. The van der Waals surface area contributed by atoms with E-state index in [9.17, 15) is 39.3 Å². The molecule has 1 aliphatic rings. The summed E-state index contributed by atoms with van der Waals surface area (Å²) in [7, 11) is 1.78. The maximum absolute atomic E-state index is 13.1. The number of likely N-dealkylation sites (tertiary alicyclic amines) is 1. The number of amides is 4. The lowest BCUT2D eigenvalue weighted by Gasteiger charge is -2.22. The molecule has 2 aromatic rings. The quantitative estimate of drug-likeness (QED) is 0.119. The summed E-state index contributed by atoms with van der Waals surface area (Å²) in [6.45, 7) is 5.61. The number of carbonyl (C=O) groups is 5. The van der Waals surface area contributed by atoms with E-state index in [1.54, 1.807) is 31.3 Å². The molecule has 2 aromatic carbocycles. The summed E-state index contributed by atoms with van der Waals surface area (Å²) >= 11 is 0. The third-order valence-corrected chi connectivity index (χ3v) is 7.39. The largest absolute Gasteiger partial charge is 0.508 e. The molecule has 7 N–H and O–H groups in total. The van der Waals surface area contributed by atoms with Gasteiger partial charge in [0.25, 0.3) is 0 Å². The van der Waals surface area contributed by atoms with E-state index in [2.05, 4.69) is 21.3 Å². The Hall–Kier alpha value is -4.69. The van der Waals surface area contributed by atoms with Gasteiger partial charge in [-0.05, 0) is 66.8 Å².